The van der Waals surface area contributed by atoms with Gasteiger partial charge in [-0.05, 0) is 25.5 Å². The van der Waals surface area contributed by atoms with Crippen LogP contribution in [0, 0.1) is 0 Å². The van der Waals surface area contributed by atoms with Gasteiger partial charge in [-0.3, -0.25) is 4.68 Å². The van der Waals surface area contributed by atoms with Gasteiger partial charge in [0.05, 0.1) is 23.2 Å². The number of rotatable bonds is 4. The lowest BCUT2D eigenvalue weighted by Gasteiger charge is -2.22. The Bertz CT molecular complexity index is 959. The average Bonchev–Trinajstić information content (AvgIpc) is 3.22. The summed E-state index contributed by atoms with van der Waals surface area (Å²) < 4.78 is 30.9. The molecule has 0 amide bonds. The highest BCUT2D eigenvalue weighted by atomic mass is 32.2. The first kappa shape index (κ1) is 15.2. The molecule has 0 radical (unpaired) electrons. The zero-order valence-electron chi connectivity index (χ0n) is 13.3. The van der Waals surface area contributed by atoms with E-state index >= 15 is 0 Å². The van der Waals surface area contributed by atoms with Crippen molar-refractivity contribution in [2.75, 3.05) is 16.8 Å². The Morgan fingerprint density at radius 2 is 2.21 bits per heavy atom. The number of hydrogen-bond donors (Lipinski definition) is 1. The lowest BCUT2D eigenvalue weighted by atomic mass is 10.0. The fraction of sp³-hybridized carbons (Fsp3) is 0.375. The number of benzene rings is 1. The summed E-state index contributed by atoms with van der Waals surface area (Å²) >= 11 is 0. The Balaban J connectivity index is 1.47. The largest absolute Gasteiger partial charge is 0.424 e. The van der Waals surface area contributed by atoms with Crippen LogP contribution in [0.15, 0.2) is 41.1 Å². The van der Waals surface area contributed by atoms with Crippen LogP contribution in [0.5, 0.6) is 0 Å². The minimum atomic E-state index is -2.96. The fourth-order valence-corrected chi connectivity index (χ4v) is 5.17. The molecule has 1 fully saturated rings. The van der Waals surface area contributed by atoms with E-state index in [4.69, 9.17) is 4.42 Å². The summed E-state index contributed by atoms with van der Waals surface area (Å²) in [6.45, 7) is 2.44. The predicted molar refractivity (Wildman–Crippen MR) is 90.5 cm³/mol. The number of anilines is 1. The average molecular weight is 346 g/mol. The van der Waals surface area contributed by atoms with Crippen molar-refractivity contribution in [2.45, 2.75) is 25.4 Å². The van der Waals surface area contributed by atoms with Crippen LogP contribution in [-0.2, 0) is 21.9 Å². The molecule has 24 heavy (non-hydrogen) atoms. The van der Waals surface area contributed by atoms with Crippen molar-refractivity contribution in [3.63, 3.8) is 0 Å². The summed E-state index contributed by atoms with van der Waals surface area (Å²) in [5, 5.41) is 7.49. The Hall–Kier alpha value is -2.35. The van der Waals surface area contributed by atoms with Gasteiger partial charge >= 0.3 is 0 Å². The standard InChI is InChI=1S/C16H18N4O3S/c1-16(6-7-24(21,22)11-16)20-10-12(9-18-20)8-17-15-19-13-4-2-3-5-14(13)23-15/h2-5,9-10H,6-8,11H2,1H3,(H,17,19). The maximum atomic E-state index is 11.7. The van der Waals surface area contributed by atoms with Crippen LogP contribution in [0.2, 0.25) is 0 Å². The van der Waals surface area contributed by atoms with E-state index in [1.54, 1.807) is 10.9 Å². The Kier molecular flexibility index (Phi) is 3.38. The minimum absolute atomic E-state index is 0.139. The number of nitrogens with zero attached hydrogens (tertiary/aromatic N) is 3. The summed E-state index contributed by atoms with van der Waals surface area (Å²) in [6, 6.07) is 8.03. The molecule has 4 rings (SSSR count). The van der Waals surface area contributed by atoms with E-state index in [-0.39, 0.29) is 11.5 Å². The predicted octanol–water partition coefficient (Wildman–Crippen LogP) is 2.17. The Morgan fingerprint density at radius 1 is 1.38 bits per heavy atom. The first-order valence-electron chi connectivity index (χ1n) is 7.78. The van der Waals surface area contributed by atoms with E-state index < -0.39 is 15.4 Å². The molecule has 2 aromatic heterocycles. The molecule has 3 aromatic rings. The highest BCUT2D eigenvalue weighted by Crippen LogP contribution is 2.30. The monoisotopic (exact) mass is 346 g/mol. The number of oxazole rings is 1. The van der Waals surface area contributed by atoms with Crippen molar-refractivity contribution >= 4 is 27.0 Å². The van der Waals surface area contributed by atoms with Crippen molar-refractivity contribution in [1.82, 2.24) is 14.8 Å². The molecule has 1 N–H and O–H groups in total. The molecule has 1 aliphatic rings. The highest BCUT2D eigenvalue weighted by molar-refractivity contribution is 7.91. The second-order valence-corrected chi connectivity index (χ2v) is 8.66. The normalized spacial score (nSPS) is 22.9. The SMILES string of the molecule is CC1(n2cc(CNc3nc4ccccc4o3)cn2)CCS(=O)(=O)C1. The van der Waals surface area contributed by atoms with Gasteiger partial charge in [-0.1, -0.05) is 12.1 Å². The second kappa shape index (κ2) is 5.34. The lowest BCUT2D eigenvalue weighted by molar-refractivity contribution is 0.328. The molecule has 0 spiro atoms. The molecule has 126 valence electrons. The van der Waals surface area contributed by atoms with Crippen LogP contribution in [0.4, 0.5) is 6.01 Å². The zero-order chi connectivity index (χ0) is 16.8. The van der Waals surface area contributed by atoms with Gasteiger partial charge in [0, 0.05) is 18.3 Å². The topological polar surface area (TPSA) is 90.0 Å². The van der Waals surface area contributed by atoms with Crippen molar-refractivity contribution in [1.29, 1.82) is 0 Å². The number of hydrogen-bond acceptors (Lipinski definition) is 6. The van der Waals surface area contributed by atoms with Crippen LogP contribution >= 0.6 is 0 Å². The number of aromatic nitrogens is 3. The third-order valence-electron chi connectivity index (χ3n) is 4.41. The number of sulfone groups is 1. The summed E-state index contributed by atoms with van der Waals surface area (Å²) in [6.07, 6.45) is 4.22. The first-order chi connectivity index (χ1) is 11.4. The molecular weight excluding hydrogens is 328 g/mol. The van der Waals surface area contributed by atoms with E-state index in [0.717, 1.165) is 16.7 Å². The third kappa shape index (κ3) is 2.77. The van der Waals surface area contributed by atoms with E-state index in [1.165, 1.54) is 0 Å². The molecule has 8 heteroatoms. The molecule has 0 bridgehead atoms. The lowest BCUT2D eigenvalue weighted by Crippen LogP contribution is -2.31. The van der Waals surface area contributed by atoms with Crippen LogP contribution in [0.25, 0.3) is 11.1 Å². The van der Waals surface area contributed by atoms with Crippen molar-refractivity contribution in [3.05, 3.63) is 42.2 Å². The Morgan fingerprint density at radius 3 is 2.96 bits per heavy atom. The van der Waals surface area contributed by atoms with Crippen molar-refractivity contribution in [2.24, 2.45) is 0 Å². The molecule has 1 aromatic carbocycles. The van der Waals surface area contributed by atoms with Crippen LogP contribution in [0.1, 0.15) is 18.9 Å². The Labute approximate surface area is 139 Å². The van der Waals surface area contributed by atoms with Crippen LogP contribution in [0.3, 0.4) is 0 Å². The maximum Gasteiger partial charge on any atom is 0.295 e. The molecule has 3 heterocycles. The zero-order valence-corrected chi connectivity index (χ0v) is 14.1. The highest BCUT2D eigenvalue weighted by Gasteiger charge is 2.40. The quantitative estimate of drug-likeness (QED) is 0.779. The summed E-state index contributed by atoms with van der Waals surface area (Å²) in [5.74, 6) is 0.361. The summed E-state index contributed by atoms with van der Waals surface area (Å²) in [7, 11) is -2.96. The van der Waals surface area contributed by atoms with Crippen molar-refractivity contribution < 1.29 is 12.8 Å². The van der Waals surface area contributed by atoms with Gasteiger partial charge in [0.1, 0.15) is 5.52 Å². The molecule has 1 atom stereocenters. The smallest absolute Gasteiger partial charge is 0.295 e. The molecule has 1 saturated heterocycles. The number of nitrogens with one attached hydrogen (secondary N) is 1. The first-order valence-corrected chi connectivity index (χ1v) is 9.60. The van der Waals surface area contributed by atoms with Gasteiger partial charge in [-0.15, -0.1) is 0 Å². The summed E-state index contributed by atoms with van der Waals surface area (Å²) in [5.41, 5.74) is 2.02. The van der Waals surface area contributed by atoms with Gasteiger partial charge in [0.25, 0.3) is 6.01 Å². The second-order valence-electron chi connectivity index (χ2n) is 6.47. The molecule has 0 aliphatic carbocycles. The van der Waals surface area contributed by atoms with E-state index in [0.29, 0.717) is 19.0 Å². The maximum absolute atomic E-state index is 11.7. The number of fused-ring (bicyclic) bond motifs is 1. The number of para-hydroxylation sites is 2. The molecule has 1 unspecified atom stereocenters. The fourth-order valence-electron chi connectivity index (χ4n) is 3.05. The van der Waals surface area contributed by atoms with Crippen LogP contribution in [-0.4, -0.2) is 34.7 Å². The van der Waals surface area contributed by atoms with Gasteiger partial charge < -0.3 is 9.73 Å². The van der Waals surface area contributed by atoms with E-state index in [2.05, 4.69) is 15.4 Å². The van der Waals surface area contributed by atoms with E-state index in [1.807, 2.05) is 37.4 Å². The van der Waals surface area contributed by atoms with E-state index in [9.17, 15) is 8.42 Å². The van der Waals surface area contributed by atoms with Gasteiger partial charge in [-0.2, -0.15) is 10.1 Å². The minimum Gasteiger partial charge on any atom is -0.424 e. The molecule has 1 aliphatic heterocycles. The molecular formula is C16H18N4O3S. The summed E-state index contributed by atoms with van der Waals surface area (Å²) in [4.78, 5) is 4.36. The van der Waals surface area contributed by atoms with Crippen molar-refractivity contribution in [3.8, 4) is 0 Å². The van der Waals surface area contributed by atoms with Gasteiger partial charge in [0.15, 0.2) is 15.4 Å². The van der Waals surface area contributed by atoms with Crippen LogP contribution < -0.4 is 5.32 Å². The molecule has 7 nitrogen and oxygen atoms in total. The van der Waals surface area contributed by atoms with Gasteiger partial charge in [0.2, 0.25) is 0 Å². The molecule has 0 saturated carbocycles. The third-order valence-corrected chi connectivity index (χ3v) is 6.30. The van der Waals surface area contributed by atoms with Gasteiger partial charge in [-0.25, -0.2) is 8.42 Å².